The van der Waals surface area contributed by atoms with Crippen LogP contribution in [0, 0.1) is 0 Å². The highest BCUT2D eigenvalue weighted by atomic mass is 32.1. The Morgan fingerprint density at radius 3 is 2.72 bits per heavy atom. The molecule has 2 aromatic rings. The van der Waals surface area contributed by atoms with Gasteiger partial charge in [0.2, 0.25) is 5.91 Å². The van der Waals surface area contributed by atoms with Gasteiger partial charge in [0.1, 0.15) is 6.67 Å². The second-order valence-corrected chi connectivity index (χ2v) is 7.44. The van der Waals surface area contributed by atoms with Crippen LogP contribution >= 0.6 is 11.3 Å². The highest BCUT2D eigenvalue weighted by Gasteiger charge is 2.26. The number of amides is 1. The molecule has 136 valence electrons. The molecule has 1 aliphatic rings. The molecule has 1 fully saturated rings. The summed E-state index contributed by atoms with van der Waals surface area (Å²) in [5, 5.41) is 10.2. The van der Waals surface area contributed by atoms with Crippen LogP contribution in [-0.4, -0.2) is 77.3 Å². The fraction of sp³-hybridized carbons (Fsp3) is 0.529. The monoisotopic (exact) mass is 366 g/mol. The molecule has 6 nitrogen and oxygen atoms in total. The highest BCUT2D eigenvalue weighted by molar-refractivity contribution is 7.18. The maximum absolute atomic E-state index is 12.6. The van der Waals surface area contributed by atoms with Gasteiger partial charge in [0.05, 0.1) is 27.4 Å². The normalized spacial score (nSPS) is 18.4. The van der Waals surface area contributed by atoms with E-state index in [9.17, 15) is 14.3 Å². The Balaban J connectivity index is 1.52. The Kier molecular flexibility index (Phi) is 5.95. The van der Waals surface area contributed by atoms with Crippen LogP contribution < -0.4 is 5.73 Å². The Morgan fingerprint density at radius 1 is 1.32 bits per heavy atom. The van der Waals surface area contributed by atoms with Crippen LogP contribution in [0.25, 0.3) is 10.2 Å². The lowest BCUT2D eigenvalue weighted by Crippen LogP contribution is -2.54. The van der Waals surface area contributed by atoms with Crippen LogP contribution in [0.2, 0.25) is 0 Å². The van der Waals surface area contributed by atoms with E-state index in [0.717, 1.165) is 15.2 Å². The number of thiazole rings is 1. The lowest BCUT2D eigenvalue weighted by atomic mass is 10.1. The van der Waals surface area contributed by atoms with E-state index < -0.39 is 18.8 Å². The first-order valence-electron chi connectivity index (χ1n) is 8.42. The first-order chi connectivity index (χ1) is 12.1. The Bertz CT molecular complexity index is 684. The molecule has 3 N–H and O–H groups in total. The molecule has 0 bridgehead atoms. The topological polar surface area (TPSA) is 82.7 Å². The zero-order valence-corrected chi connectivity index (χ0v) is 14.8. The molecule has 2 atom stereocenters. The number of fused-ring (bicyclic) bond motifs is 1. The number of hydrogen-bond donors (Lipinski definition) is 2. The summed E-state index contributed by atoms with van der Waals surface area (Å²) in [5.41, 5.74) is 7.04. The smallest absolute Gasteiger partial charge is 0.240 e. The van der Waals surface area contributed by atoms with Gasteiger partial charge in [0, 0.05) is 39.1 Å². The zero-order chi connectivity index (χ0) is 17.8. The van der Waals surface area contributed by atoms with Crippen molar-refractivity contribution in [1.29, 1.82) is 0 Å². The van der Waals surface area contributed by atoms with Crippen molar-refractivity contribution in [3.8, 4) is 0 Å². The number of aliphatic hydroxyl groups is 1. The van der Waals surface area contributed by atoms with E-state index in [0.29, 0.717) is 39.1 Å². The summed E-state index contributed by atoms with van der Waals surface area (Å²) in [6.07, 6.45) is -0.526. The van der Waals surface area contributed by atoms with E-state index in [2.05, 4.69) is 4.98 Å². The van der Waals surface area contributed by atoms with Crippen molar-refractivity contribution in [3.63, 3.8) is 0 Å². The molecule has 25 heavy (non-hydrogen) atoms. The maximum Gasteiger partial charge on any atom is 0.240 e. The van der Waals surface area contributed by atoms with Crippen LogP contribution in [0.1, 0.15) is 5.01 Å². The van der Waals surface area contributed by atoms with Crippen molar-refractivity contribution in [2.45, 2.75) is 18.6 Å². The number of piperazine rings is 1. The number of halogens is 1. The standard InChI is InChI=1S/C17H23FN4O2S/c18-10-12(23)11-21-5-7-22(8-6-21)17(24)13(19)9-16-20-14-3-1-2-4-15(14)25-16/h1-4,12-13,23H,5-11,19H2/t12?,13-/m0/s1. The summed E-state index contributed by atoms with van der Waals surface area (Å²) >= 11 is 1.57. The average Bonchev–Trinajstić information content (AvgIpc) is 3.03. The second kappa shape index (κ2) is 8.18. The molecule has 0 radical (unpaired) electrons. The van der Waals surface area contributed by atoms with E-state index >= 15 is 0 Å². The first-order valence-corrected chi connectivity index (χ1v) is 9.23. The van der Waals surface area contributed by atoms with Crippen molar-refractivity contribution in [2.75, 3.05) is 39.4 Å². The zero-order valence-electron chi connectivity index (χ0n) is 14.0. The number of alkyl halides is 1. The molecule has 1 aromatic heterocycles. The molecule has 3 rings (SSSR count). The van der Waals surface area contributed by atoms with E-state index in [4.69, 9.17) is 5.73 Å². The minimum absolute atomic E-state index is 0.0788. The van der Waals surface area contributed by atoms with Crippen molar-refractivity contribution >= 4 is 27.5 Å². The van der Waals surface area contributed by atoms with E-state index in [1.54, 1.807) is 16.2 Å². The Labute approximate surface area is 150 Å². The number of nitrogens with two attached hydrogens (primary N) is 1. The van der Waals surface area contributed by atoms with Gasteiger partial charge in [-0.1, -0.05) is 12.1 Å². The lowest BCUT2D eigenvalue weighted by molar-refractivity contribution is -0.134. The summed E-state index contributed by atoms with van der Waals surface area (Å²) in [5.74, 6) is -0.0788. The molecular formula is C17H23FN4O2S. The van der Waals surface area contributed by atoms with Crippen molar-refractivity contribution < 1.29 is 14.3 Å². The minimum Gasteiger partial charge on any atom is -0.389 e. The fourth-order valence-corrected chi connectivity index (χ4v) is 4.04. The molecule has 0 saturated carbocycles. The van der Waals surface area contributed by atoms with Gasteiger partial charge in [-0.25, -0.2) is 9.37 Å². The second-order valence-electron chi connectivity index (χ2n) is 6.32. The number of β-amino-alcohol motifs (C(OH)–C–C–N with tert-alkyl or cyclic N) is 1. The lowest BCUT2D eigenvalue weighted by Gasteiger charge is -2.36. The molecule has 8 heteroatoms. The van der Waals surface area contributed by atoms with Gasteiger partial charge in [0.25, 0.3) is 0 Å². The van der Waals surface area contributed by atoms with Crippen LogP contribution in [-0.2, 0) is 11.2 Å². The van der Waals surface area contributed by atoms with Crippen LogP contribution in [0.4, 0.5) is 4.39 Å². The maximum atomic E-state index is 12.6. The molecule has 1 aromatic carbocycles. The molecule has 0 aliphatic carbocycles. The molecule has 1 amide bonds. The highest BCUT2D eigenvalue weighted by Crippen LogP contribution is 2.22. The number of benzene rings is 1. The van der Waals surface area contributed by atoms with Crippen molar-refractivity contribution in [3.05, 3.63) is 29.3 Å². The van der Waals surface area contributed by atoms with Crippen LogP contribution in [0.15, 0.2) is 24.3 Å². The van der Waals surface area contributed by atoms with Crippen LogP contribution in [0.5, 0.6) is 0 Å². The van der Waals surface area contributed by atoms with Gasteiger partial charge in [-0.2, -0.15) is 0 Å². The number of rotatable bonds is 6. The molecule has 2 heterocycles. The van der Waals surface area contributed by atoms with Crippen molar-refractivity contribution in [2.24, 2.45) is 5.73 Å². The number of hydrogen-bond acceptors (Lipinski definition) is 6. The fourth-order valence-electron chi connectivity index (χ4n) is 3.01. The summed E-state index contributed by atoms with van der Waals surface area (Å²) in [7, 11) is 0. The van der Waals surface area contributed by atoms with E-state index in [-0.39, 0.29) is 5.91 Å². The summed E-state index contributed by atoms with van der Waals surface area (Å²) in [4.78, 5) is 20.8. The summed E-state index contributed by atoms with van der Waals surface area (Å²) < 4.78 is 13.5. The van der Waals surface area contributed by atoms with Gasteiger partial charge in [-0.05, 0) is 12.1 Å². The van der Waals surface area contributed by atoms with E-state index in [1.165, 1.54) is 0 Å². The average molecular weight is 366 g/mol. The predicted molar refractivity (Wildman–Crippen MR) is 96.3 cm³/mol. The largest absolute Gasteiger partial charge is 0.389 e. The Morgan fingerprint density at radius 2 is 2.04 bits per heavy atom. The van der Waals surface area contributed by atoms with Crippen molar-refractivity contribution in [1.82, 2.24) is 14.8 Å². The van der Waals surface area contributed by atoms with E-state index in [1.807, 2.05) is 29.2 Å². The number of carbonyl (C=O) groups is 1. The predicted octanol–water partition coefficient (Wildman–Crippen LogP) is 0.641. The van der Waals surface area contributed by atoms with Gasteiger partial charge in [-0.3, -0.25) is 9.69 Å². The van der Waals surface area contributed by atoms with Crippen LogP contribution in [0.3, 0.4) is 0 Å². The van der Waals surface area contributed by atoms with Gasteiger partial charge in [-0.15, -0.1) is 11.3 Å². The number of para-hydroxylation sites is 1. The number of carbonyl (C=O) groups excluding carboxylic acids is 1. The SMILES string of the molecule is N[C@@H](Cc1nc2ccccc2s1)C(=O)N1CCN(CC(O)CF)CC1. The molecule has 1 unspecified atom stereocenters. The molecule has 1 aliphatic heterocycles. The number of nitrogens with zero attached hydrogens (tertiary/aromatic N) is 3. The third kappa shape index (κ3) is 4.52. The molecule has 0 spiro atoms. The third-order valence-electron chi connectivity index (χ3n) is 4.38. The number of aliphatic hydroxyl groups excluding tert-OH is 1. The van der Waals surface area contributed by atoms with Gasteiger partial charge >= 0.3 is 0 Å². The quantitative estimate of drug-likeness (QED) is 0.784. The number of aromatic nitrogens is 1. The Hall–Kier alpha value is -1.61. The minimum atomic E-state index is -0.955. The van der Waals surface area contributed by atoms with Gasteiger partial charge < -0.3 is 15.7 Å². The first kappa shape index (κ1) is 18.2. The van der Waals surface area contributed by atoms with Gasteiger partial charge in [0.15, 0.2) is 0 Å². The molecular weight excluding hydrogens is 343 g/mol. The summed E-state index contributed by atoms with van der Waals surface area (Å²) in [6, 6.07) is 7.26. The summed E-state index contributed by atoms with van der Waals surface area (Å²) in [6.45, 7) is 1.90. The molecule has 1 saturated heterocycles. The third-order valence-corrected chi connectivity index (χ3v) is 5.44.